The summed E-state index contributed by atoms with van der Waals surface area (Å²) in [7, 11) is 0. The quantitative estimate of drug-likeness (QED) is 0.806. The van der Waals surface area contributed by atoms with Crippen molar-refractivity contribution in [3.05, 3.63) is 59.7 Å². The molecule has 2 aliphatic rings. The first kappa shape index (κ1) is 17.9. The van der Waals surface area contributed by atoms with Crippen molar-refractivity contribution in [3.8, 4) is 6.07 Å². The van der Waals surface area contributed by atoms with Gasteiger partial charge in [0.25, 0.3) is 0 Å². The molecule has 2 heterocycles. The summed E-state index contributed by atoms with van der Waals surface area (Å²) in [6.07, 6.45) is 2.14. The van der Waals surface area contributed by atoms with Gasteiger partial charge in [0.05, 0.1) is 6.07 Å². The Morgan fingerprint density at radius 1 is 1.04 bits per heavy atom. The van der Waals surface area contributed by atoms with Crippen LogP contribution < -0.4 is 5.32 Å². The number of thioether (sulfide) groups is 1. The minimum absolute atomic E-state index is 0.284. The summed E-state index contributed by atoms with van der Waals surface area (Å²) in [5.74, 6) is 0. The van der Waals surface area contributed by atoms with Gasteiger partial charge in [-0.1, -0.05) is 62.0 Å². The molecule has 0 saturated heterocycles. The standard InChI is InChI=1S/C22H24N4S/c1-3-13-26(14-4-2)21-25-22(20(15-23)27-21)16-9-5-7-11-18(16)24-19-12-8-6-10-17(19)22/h5-12,20,24H,3-4,13-14H2,1-2H3. The Hall–Kier alpha value is -2.45. The van der Waals surface area contributed by atoms with Gasteiger partial charge in [0.15, 0.2) is 5.17 Å². The van der Waals surface area contributed by atoms with Gasteiger partial charge in [-0.25, -0.2) is 4.99 Å². The second-order valence-electron chi connectivity index (χ2n) is 6.99. The van der Waals surface area contributed by atoms with Crippen molar-refractivity contribution in [3.63, 3.8) is 0 Å². The lowest BCUT2D eigenvalue weighted by Crippen LogP contribution is -2.37. The van der Waals surface area contributed by atoms with E-state index in [-0.39, 0.29) is 5.25 Å². The number of aliphatic imine (C=N–C) groups is 1. The van der Waals surface area contributed by atoms with Crippen LogP contribution >= 0.6 is 11.8 Å². The largest absolute Gasteiger partial charge is 0.355 e. The lowest BCUT2D eigenvalue weighted by atomic mass is 9.76. The fourth-order valence-corrected chi connectivity index (χ4v) is 5.35. The van der Waals surface area contributed by atoms with E-state index in [9.17, 15) is 5.26 Å². The Bertz CT molecular complexity index is 863. The number of benzene rings is 2. The number of para-hydroxylation sites is 2. The number of hydrogen-bond acceptors (Lipinski definition) is 5. The van der Waals surface area contributed by atoms with Crippen LogP contribution in [-0.2, 0) is 5.54 Å². The van der Waals surface area contributed by atoms with Crippen molar-refractivity contribution in [2.75, 3.05) is 18.4 Å². The molecule has 1 N–H and O–H groups in total. The highest BCUT2D eigenvalue weighted by Gasteiger charge is 2.52. The second kappa shape index (κ2) is 7.28. The smallest absolute Gasteiger partial charge is 0.161 e. The first-order valence-corrected chi connectivity index (χ1v) is 10.5. The van der Waals surface area contributed by atoms with Gasteiger partial charge in [0, 0.05) is 35.6 Å². The van der Waals surface area contributed by atoms with Gasteiger partial charge in [-0.05, 0) is 25.0 Å². The van der Waals surface area contributed by atoms with Crippen LogP contribution in [0.1, 0.15) is 37.8 Å². The number of fused-ring (bicyclic) bond motifs is 4. The third-order valence-electron chi connectivity index (χ3n) is 5.19. The monoisotopic (exact) mass is 376 g/mol. The zero-order valence-corrected chi connectivity index (χ0v) is 16.6. The fraction of sp³-hybridized carbons (Fsp3) is 0.364. The zero-order valence-electron chi connectivity index (χ0n) is 15.8. The van der Waals surface area contributed by atoms with E-state index in [0.717, 1.165) is 53.6 Å². The van der Waals surface area contributed by atoms with Crippen LogP contribution in [0.3, 0.4) is 0 Å². The van der Waals surface area contributed by atoms with Gasteiger partial charge in [-0.2, -0.15) is 5.26 Å². The molecule has 0 radical (unpaired) electrons. The van der Waals surface area contributed by atoms with Crippen molar-refractivity contribution < 1.29 is 0 Å². The highest BCUT2D eigenvalue weighted by Crippen LogP contribution is 2.55. The summed E-state index contributed by atoms with van der Waals surface area (Å²) in [5, 5.41) is 14.4. The van der Waals surface area contributed by atoms with Crippen LogP contribution in [0.4, 0.5) is 11.4 Å². The molecule has 2 aromatic carbocycles. The summed E-state index contributed by atoms with van der Waals surface area (Å²) >= 11 is 1.62. The van der Waals surface area contributed by atoms with Crippen molar-refractivity contribution in [1.29, 1.82) is 5.26 Å². The Labute approximate surface area is 165 Å². The molecule has 4 rings (SSSR count). The average Bonchev–Trinajstić information content (AvgIpc) is 3.08. The van der Waals surface area contributed by atoms with Crippen LogP contribution in [0.25, 0.3) is 0 Å². The molecular formula is C22H24N4S. The lowest BCUT2D eigenvalue weighted by molar-refractivity contribution is 0.419. The molecule has 0 saturated carbocycles. The zero-order chi connectivity index (χ0) is 18.9. The Morgan fingerprint density at radius 2 is 1.59 bits per heavy atom. The minimum atomic E-state index is -0.660. The van der Waals surface area contributed by atoms with Crippen LogP contribution in [0.5, 0.6) is 0 Å². The molecule has 2 aliphatic heterocycles. The minimum Gasteiger partial charge on any atom is -0.355 e. The SMILES string of the molecule is CCCN(CCC)C1=NC2(c3ccccc3Nc3ccccc32)C(C#N)S1. The summed E-state index contributed by atoms with van der Waals surface area (Å²) < 4.78 is 0. The number of hydrogen-bond donors (Lipinski definition) is 1. The summed E-state index contributed by atoms with van der Waals surface area (Å²) in [6, 6.07) is 19.1. The lowest BCUT2D eigenvalue weighted by Gasteiger charge is -2.37. The fourth-order valence-electron chi connectivity index (χ4n) is 4.08. The third kappa shape index (κ3) is 2.80. The molecule has 1 spiro atoms. The van der Waals surface area contributed by atoms with Crippen LogP contribution in [0, 0.1) is 11.3 Å². The Balaban J connectivity index is 1.93. The predicted molar refractivity (Wildman–Crippen MR) is 114 cm³/mol. The Morgan fingerprint density at radius 3 is 2.11 bits per heavy atom. The highest BCUT2D eigenvalue weighted by molar-refractivity contribution is 8.14. The first-order valence-electron chi connectivity index (χ1n) is 9.61. The van der Waals surface area contributed by atoms with E-state index >= 15 is 0 Å². The van der Waals surface area contributed by atoms with Crippen molar-refractivity contribution in [2.24, 2.45) is 4.99 Å². The van der Waals surface area contributed by atoms with Gasteiger partial charge in [-0.3, -0.25) is 0 Å². The van der Waals surface area contributed by atoms with Crippen molar-refractivity contribution in [2.45, 2.75) is 37.5 Å². The molecule has 0 bridgehead atoms. The van der Waals surface area contributed by atoms with E-state index < -0.39 is 5.54 Å². The van der Waals surface area contributed by atoms with Crippen LogP contribution in [0.2, 0.25) is 0 Å². The van der Waals surface area contributed by atoms with Gasteiger partial charge in [0.1, 0.15) is 10.8 Å². The normalized spacial score (nSPS) is 18.9. The van der Waals surface area contributed by atoms with Gasteiger partial charge < -0.3 is 10.2 Å². The molecule has 138 valence electrons. The number of amidine groups is 1. The second-order valence-corrected chi connectivity index (χ2v) is 8.06. The molecule has 5 heteroatoms. The van der Waals surface area contributed by atoms with Crippen LogP contribution in [0.15, 0.2) is 53.5 Å². The van der Waals surface area contributed by atoms with E-state index in [4.69, 9.17) is 4.99 Å². The number of nitriles is 1. The molecule has 0 aromatic heterocycles. The van der Waals surface area contributed by atoms with E-state index in [2.05, 4.69) is 54.4 Å². The average molecular weight is 377 g/mol. The van der Waals surface area contributed by atoms with Crippen molar-refractivity contribution >= 4 is 28.3 Å². The topological polar surface area (TPSA) is 51.4 Å². The Kier molecular flexibility index (Phi) is 4.84. The maximum absolute atomic E-state index is 10.1. The molecule has 4 nitrogen and oxygen atoms in total. The predicted octanol–water partition coefficient (Wildman–Crippen LogP) is 5.10. The van der Waals surface area contributed by atoms with E-state index in [0.29, 0.717) is 0 Å². The molecule has 1 atom stereocenters. The number of nitrogens with zero attached hydrogens (tertiary/aromatic N) is 3. The maximum Gasteiger partial charge on any atom is 0.161 e. The number of anilines is 2. The number of rotatable bonds is 4. The van der Waals surface area contributed by atoms with Gasteiger partial charge in [-0.15, -0.1) is 0 Å². The van der Waals surface area contributed by atoms with E-state index in [1.165, 1.54) is 0 Å². The van der Waals surface area contributed by atoms with Gasteiger partial charge in [0.2, 0.25) is 0 Å². The first-order chi connectivity index (χ1) is 13.2. The summed E-state index contributed by atoms with van der Waals surface area (Å²) in [4.78, 5) is 7.64. The molecule has 27 heavy (non-hydrogen) atoms. The maximum atomic E-state index is 10.1. The third-order valence-corrected chi connectivity index (χ3v) is 6.44. The molecule has 0 aliphatic carbocycles. The van der Waals surface area contributed by atoms with E-state index in [1.807, 2.05) is 24.3 Å². The summed E-state index contributed by atoms with van der Waals surface area (Å²) in [5.41, 5.74) is 3.60. The van der Waals surface area contributed by atoms with E-state index in [1.54, 1.807) is 11.8 Å². The molecule has 0 fully saturated rings. The summed E-state index contributed by atoms with van der Waals surface area (Å²) in [6.45, 7) is 6.32. The molecule has 1 unspecified atom stereocenters. The van der Waals surface area contributed by atoms with Crippen molar-refractivity contribution in [1.82, 2.24) is 4.90 Å². The molecule has 2 aromatic rings. The van der Waals surface area contributed by atoms with Crippen LogP contribution in [-0.4, -0.2) is 28.4 Å². The highest BCUT2D eigenvalue weighted by atomic mass is 32.2. The molecular weight excluding hydrogens is 352 g/mol. The molecule has 0 amide bonds. The van der Waals surface area contributed by atoms with Gasteiger partial charge >= 0.3 is 0 Å². The number of nitrogens with one attached hydrogen (secondary N) is 1.